The van der Waals surface area contributed by atoms with Crippen molar-refractivity contribution >= 4 is 43.2 Å². The van der Waals surface area contributed by atoms with Crippen molar-refractivity contribution in [2.75, 3.05) is 4.72 Å². The van der Waals surface area contributed by atoms with Gasteiger partial charge in [-0.3, -0.25) is 4.72 Å². The molecule has 0 spiro atoms. The molecule has 0 amide bonds. The standard InChI is InChI=1S/C14H14BrClN2O2S/c1-9-5-6-10(8-17)7-13(9)21(19,20)18-12-4-2-3-11(16)14(12)15/h2-7,18H,8,17H2,1H3. The Bertz CT molecular complexity index is 779. The number of nitrogens with one attached hydrogen (secondary N) is 1. The first-order valence-electron chi connectivity index (χ1n) is 6.11. The number of halogens is 2. The fourth-order valence-corrected chi connectivity index (χ4v) is 3.88. The van der Waals surface area contributed by atoms with Gasteiger partial charge in [0.25, 0.3) is 10.0 Å². The van der Waals surface area contributed by atoms with E-state index < -0.39 is 10.0 Å². The van der Waals surface area contributed by atoms with Gasteiger partial charge in [0.1, 0.15) is 0 Å². The van der Waals surface area contributed by atoms with Gasteiger partial charge in [0, 0.05) is 6.54 Å². The van der Waals surface area contributed by atoms with E-state index >= 15 is 0 Å². The number of hydrogen-bond acceptors (Lipinski definition) is 3. The van der Waals surface area contributed by atoms with Crippen LogP contribution in [0, 0.1) is 6.92 Å². The molecule has 4 nitrogen and oxygen atoms in total. The lowest BCUT2D eigenvalue weighted by molar-refractivity contribution is 0.600. The molecule has 2 rings (SSSR count). The van der Waals surface area contributed by atoms with E-state index in [0.717, 1.165) is 5.56 Å². The van der Waals surface area contributed by atoms with Crippen LogP contribution in [-0.4, -0.2) is 8.42 Å². The van der Waals surface area contributed by atoms with Gasteiger partial charge in [0.15, 0.2) is 0 Å². The van der Waals surface area contributed by atoms with E-state index in [4.69, 9.17) is 17.3 Å². The second-order valence-corrected chi connectivity index (χ2v) is 7.36. The molecule has 21 heavy (non-hydrogen) atoms. The maximum Gasteiger partial charge on any atom is 0.262 e. The monoisotopic (exact) mass is 388 g/mol. The highest BCUT2D eigenvalue weighted by molar-refractivity contribution is 9.10. The highest BCUT2D eigenvalue weighted by Crippen LogP contribution is 2.32. The van der Waals surface area contributed by atoms with Crippen LogP contribution < -0.4 is 10.5 Å². The summed E-state index contributed by atoms with van der Waals surface area (Å²) in [5.41, 5.74) is 7.36. The molecule has 7 heteroatoms. The lowest BCUT2D eigenvalue weighted by atomic mass is 10.1. The van der Waals surface area contributed by atoms with E-state index in [1.54, 1.807) is 37.3 Å². The van der Waals surface area contributed by atoms with Gasteiger partial charge < -0.3 is 5.73 Å². The predicted molar refractivity (Wildman–Crippen MR) is 89.0 cm³/mol. The van der Waals surface area contributed by atoms with Crippen molar-refractivity contribution in [2.45, 2.75) is 18.4 Å². The van der Waals surface area contributed by atoms with Crippen molar-refractivity contribution in [2.24, 2.45) is 5.73 Å². The van der Waals surface area contributed by atoms with Crippen LogP contribution in [0.2, 0.25) is 5.02 Å². The normalized spacial score (nSPS) is 11.4. The van der Waals surface area contributed by atoms with Gasteiger partial charge in [0.2, 0.25) is 0 Å². The number of sulfonamides is 1. The Morgan fingerprint density at radius 2 is 2.00 bits per heavy atom. The highest BCUT2D eigenvalue weighted by Gasteiger charge is 2.19. The number of aryl methyl sites for hydroxylation is 1. The zero-order chi connectivity index (χ0) is 15.6. The number of rotatable bonds is 4. The topological polar surface area (TPSA) is 72.2 Å². The van der Waals surface area contributed by atoms with Crippen molar-refractivity contribution in [1.82, 2.24) is 0 Å². The first kappa shape index (κ1) is 16.3. The van der Waals surface area contributed by atoms with Crippen LogP contribution in [0.1, 0.15) is 11.1 Å². The lowest BCUT2D eigenvalue weighted by Crippen LogP contribution is -2.15. The summed E-state index contributed by atoms with van der Waals surface area (Å²) in [6.45, 7) is 2.02. The van der Waals surface area contributed by atoms with Crippen LogP contribution in [0.3, 0.4) is 0 Å². The third kappa shape index (κ3) is 3.58. The van der Waals surface area contributed by atoms with Crippen LogP contribution in [0.5, 0.6) is 0 Å². The van der Waals surface area contributed by atoms with Gasteiger partial charge in [-0.15, -0.1) is 0 Å². The van der Waals surface area contributed by atoms with E-state index in [2.05, 4.69) is 20.7 Å². The molecule has 112 valence electrons. The maximum absolute atomic E-state index is 12.5. The highest BCUT2D eigenvalue weighted by atomic mass is 79.9. The molecule has 0 saturated heterocycles. The molecule has 0 aliphatic carbocycles. The molecule has 0 heterocycles. The first-order valence-corrected chi connectivity index (χ1v) is 8.77. The molecule has 2 aromatic carbocycles. The SMILES string of the molecule is Cc1ccc(CN)cc1S(=O)(=O)Nc1cccc(Cl)c1Br. The molecule has 2 aromatic rings. The van der Waals surface area contributed by atoms with Gasteiger partial charge in [0.05, 0.1) is 20.1 Å². The van der Waals surface area contributed by atoms with Crippen molar-refractivity contribution in [1.29, 1.82) is 0 Å². The molecule has 0 radical (unpaired) electrons. The Labute approximate surface area is 137 Å². The predicted octanol–water partition coefficient (Wildman–Crippen LogP) is 3.67. The maximum atomic E-state index is 12.5. The largest absolute Gasteiger partial charge is 0.326 e. The minimum absolute atomic E-state index is 0.206. The Hall–Kier alpha value is -1.08. The van der Waals surface area contributed by atoms with Crippen LogP contribution in [0.4, 0.5) is 5.69 Å². The van der Waals surface area contributed by atoms with Crippen molar-refractivity contribution in [3.63, 3.8) is 0 Å². The third-order valence-electron chi connectivity index (χ3n) is 2.97. The molecule has 0 atom stereocenters. The van der Waals surface area contributed by atoms with Gasteiger partial charge in [-0.05, 0) is 52.2 Å². The van der Waals surface area contributed by atoms with Crippen LogP contribution >= 0.6 is 27.5 Å². The first-order chi connectivity index (χ1) is 9.85. The van der Waals surface area contributed by atoms with E-state index in [1.165, 1.54) is 0 Å². The molecular weight excluding hydrogens is 376 g/mol. The van der Waals surface area contributed by atoms with Crippen LogP contribution in [0.15, 0.2) is 45.8 Å². The van der Waals surface area contributed by atoms with E-state index in [1.807, 2.05) is 6.07 Å². The third-order valence-corrected chi connectivity index (χ3v) is 5.88. The molecule has 0 saturated carbocycles. The average Bonchev–Trinajstić information content (AvgIpc) is 2.44. The summed E-state index contributed by atoms with van der Waals surface area (Å²) in [5, 5.41) is 0.433. The number of hydrogen-bond donors (Lipinski definition) is 2. The summed E-state index contributed by atoms with van der Waals surface area (Å²) in [6.07, 6.45) is 0. The van der Waals surface area contributed by atoms with E-state index in [0.29, 0.717) is 20.7 Å². The summed E-state index contributed by atoms with van der Waals surface area (Å²) in [6, 6.07) is 10.1. The Morgan fingerprint density at radius 1 is 1.29 bits per heavy atom. The zero-order valence-corrected chi connectivity index (χ0v) is 14.4. The average molecular weight is 390 g/mol. The molecule has 0 aliphatic rings. The van der Waals surface area contributed by atoms with Crippen LogP contribution in [-0.2, 0) is 16.6 Å². The smallest absolute Gasteiger partial charge is 0.262 e. The van der Waals surface area contributed by atoms with Crippen molar-refractivity contribution in [3.8, 4) is 0 Å². The number of anilines is 1. The quantitative estimate of drug-likeness (QED) is 0.838. The van der Waals surface area contributed by atoms with Gasteiger partial charge in [-0.2, -0.15) is 0 Å². The molecule has 0 fully saturated rings. The molecule has 3 N–H and O–H groups in total. The van der Waals surface area contributed by atoms with Crippen molar-refractivity contribution in [3.05, 3.63) is 57.0 Å². The molecule has 0 bridgehead atoms. The van der Waals surface area contributed by atoms with Crippen LogP contribution in [0.25, 0.3) is 0 Å². The summed E-state index contributed by atoms with van der Waals surface area (Å²) < 4.78 is 28.1. The van der Waals surface area contributed by atoms with E-state index in [9.17, 15) is 8.42 Å². The summed E-state index contributed by atoms with van der Waals surface area (Å²) in [7, 11) is -3.71. The molecular formula is C14H14BrClN2O2S. The Balaban J connectivity index is 2.46. The molecule has 0 aliphatic heterocycles. The molecule has 0 aromatic heterocycles. The second kappa shape index (κ2) is 6.36. The fraction of sp³-hybridized carbons (Fsp3) is 0.143. The Kier molecular flexibility index (Phi) is 4.93. The Morgan fingerprint density at radius 3 is 2.67 bits per heavy atom. The summed E-state index contributed by atoms with van der Waals surface area (Å²) in [4.78, 5) is 0.206. The minimum atomic E-state index is -3.71. The van der Waals surface area contributed by atoms with Gasteiger partial charge in [-0.25, -0.2) is 8.42 Å². The summed E-state index contributed by atoms with van der Waals surface area (Å²) in [5.74, 6) is 0. The van der Waals surface area contributed by atoms with Gasteiger partial charge >= 0.3 is 0 Å². The second-order valence-electron chi connectivity index (χ2n) is 4.51. The summed E-state index contributed by atoms with van der Waals surface area (Å²) >= 11 is 9.24. The fourth-order valence-electron chi connectivity index (χ4n) is 1.84. The number of benzene rings is 2. The minimum Gasteiger partial charge on any atom is -0.326 e. The zero-order valence-electron chi connectivity index (χ0n) is 11.2. The van der Waals surface area contributed by atoms with Crippen molar-refractivity contribution < 1.29 is 8.42 Å². The number of nitrogens with two attached hydrogens (primary N) is 1. The molecule has 0 unspecified atom stereocenters. The van der Waals surface area contributed by atoms with Gasteiger partial charge in [-0.1, -0.05) is 29.8 Å². The lowest BCUT2D eigenvalue weighted by Gasteiger charge is -2.13. The van der Waals surface area contributed by atoms with E-state index in [-0.39, 0.29) is 11.4 Å².